The van der Waals surface area contributed by atoms with E-state index in [9.17, 15) is 4.79 Å². The Labute approximate surface area is 118 Å². The highest BCUT2D eigenvalue weighted by molar-refractivity contribution is 5.81. The molecular formula is C17H31NO. The fourth-order valence-corrected chi connectivity index (χ4v) is 4.06. The van der Waals surface area contributed by atoms with E-state index in [0.29, 0.717) is 17.1 Å². The molecule has 2 unspecified atom stereocenters. The molecule has 1 saturated heterocycles. The minimum atomic E-state index is 0.333. The Bertz CT molecular complexity index is 310. The molecule has 1 saturated carbocycles. The summed E-state index contributed by atoms with van der Waals surface area (Å²) in [4.78, 5) is 14.7. The second kappa shape index (κ2) is 6.39. The summed E-state index contributed by atoms with van der Waals surface area (Å²) in [6.45, 7) is 10.4. The van der Waals surface area contributed by atoms with Crippen LogP contribution in [0.2, 0.25) is 0 Å². The average molecular weight is 265 g/mol. The molecule has 0 N–H and O–H groups in total. The molecule has 2 heteroatoms. The smallest absolute Gasteiger partial charge is 0.137 e. The summed E-state index contributed by atoms with van der Waals surface area (Å²) in [6.07, 6.45) is 8.36. The maximum atomic E-state index is 12.2. The van der Waals surface area contributed by atoms with E-state index in [-0.39, 0.29) is 0 Å². The largest absolute Gasteiger partial charge is 0.302 e. The lowest BCUT2D eigenvalue weighted by molar-refractivity contribution is -0.126. The minimum absolute atomic E-state index is 0.333. The van der Waals surface area contributed by atoms with Crippen molar-refractivity contribution in [1.29, 1.82) is 0 Å². The highest BCUT2D eigenvalue weighted by Crippen LogP contribution is 2.33. The molecule has 19 heavy (non-hydrogen) atoms. The van der Waals surface area contributed by atoms with Gasteiger partial charge in [0.05, 0.1) is 0 Å². The number of hydrogen-bond acceptors (Lipinski definition) is 2. The van der Waals surface area contributed by atoms with Gasteiger partial charge in [-0.15, -0.1) is 0 Å². The standard InChI is InChI=1S/C17H31NO/c1-4-6-14-7-8-16(19)15(11-14)12-18-10-5-9-17(2,3)13-18/h14-15H,4-13H2,1-3H3. The van der Waals surface area contributed by atoms with Crippen LogP contribution in [0.4, 0.5) is 0 Å². The van der Waals surface area contributed by atoms with Crippen LogP contribution in [0, 0.1) is 17.3 Å². The Morgan fingerprint density at radius 1 is 1.37 bits per heavy atom. The van der Waals surface area contributed by atoms with Crippen LogP contribution in [0.15, 0.2) is 0 Å². The number of rotatable bonds is 4. The fraction of sp³-hybridized carbons (Fsp3) is 0.941. The van der Waals surface area contributed by atoms with E-state index in [1.807, 2.05) is 0 Å². The van der Waals surface area contributed by atoms with Gasteiger partial charge in [-0.3, -0.25) is 4.79 Å². The third-order valence-electron chi connectivity index (χ3n) is 5.03. The first kappa shape index (κ1) is 15.0. The first-order chi connectivity index (χ1) is 9.00. The monoisotopic (exact) mass is 265 g/mol. The molecule has 2 rings (SSSR count). The zero-order chi connectivity index (χ0) is 13.9. The predicted octanol–water partition coefficient (Wildman–Crippen LogP) is 3.89. The molecule has 0 aromatic rings. The van der Waals surface area contributed by atoms with Crippen LogP contribution in [0.3, 0.4) is 0 Å². The SMILES string of the molecule is CCCC1CCC(=O)C(CN2CCCC(C)(C)C2)C1. The molecule has 2 fully saturated rings. The van der Waals surface area contributed by atoms with Crippen molar-refractivity contribution in [2.24, 2.45) is 17.3 Å². The zero-order valence-corrected chi connectivity index (χ0v) is 13.1. The molecule has 1 heterocycles. The number of piperidine rings is 1. The van der Waals surface area contributed by atoms with Crippen molar-refractivity contribution in [3.05, 3.63) is 0 Å². The number of Topliss-reactive ketones (excluding diaryl/α,β-unsaturated/α-hetero) is 1. The molecule has 2 nitrogen and oxygen atoms in total. The van der Waals surface area contributed by atoms with E-state index < -0.39 is 0 Å². The lowest BCUT2D eigenvalue weighted by Gasteiger charge is -2.40. The van der Waals surface area contributed by atoms with Crippen molar-refractivity contribution in [2.45, 2.75) is 65.7 Å². The summed E-state index contributed by atoms with van der Waals surface area (Å²) < 4.78 is 0. The molecule has 110 valence electrons. The summed E-state index contributed by atoms with van der Waals surface area (Å²) in [6, 6.07) is 0. The topological polar surface area (TPSA) is 20.3 Å². The summed E-state index contributed by atoms with van der Waals surface area (Å²) in [5.41, 5.74) is 0.443. The third-order valence-corrected chi connectivity index (χ3v) is 5.03. The predicted molar refractivity (Wildman–Crippen MR) is 80.2 cm³/mol. The van der Waals surface area contributed by atoms with Gasteiger partial charge in [0.25, 0.3) is 0 Å². The van der Waals surface area contributed by atoms with Crippen LogP contribution in [0.1, 0.15) is 65.7 Å². The van der Waals surface area contributed by atoms with Crippen molar-refractivity contribution in [3.63, 3.8) is 0 Å². The van der Waals surface area contributed by atoms with Gasteiger partial charge in [0.2, 0.25) is 0 Å². The fourth-order valence-electron chi connectivity index (χ4n) is 4.06. The van der Waals surface area contributed by atoms with E-state index in [1.54, 1.807) is 0 Å². The molecular weight excluding hydrogens is 234 g/mol. The van der Waals surface area contributed by atoms with E-state index >= 15 is 0 Å². The van der Waals surface area contributed by atoms with Gasteiger partial charge in [-0.05, 0) is 43.6 Å². The van der Waals surface area contributed by atoms with Crippen LogP contribution in [0.5, 0.6) is 0 Å². The quantitative estimate of drug-likeness (QED) is 0.768. The Morgan fingerprint density at radius 2 is 2.16 bits per heavy atom. The number of nitrogens with zero attached hydrogens (tertiary/aromatic N) is 1. The highest BCUT2D eigenvalue weighted by Gasteiger charge is 2.32. The lowest BCUT2D eigenvalue weighted by Crippen LogP contribution is -2.44. The molecule has 0 aromatic carbocycles. The number of carbonyl (C=O) groups is 1. The number of ketones is 1. The van der Waals surface area contributed by atoms with Crippen molar-refractivity contribution < 1.29 is 4.79 Å². The number of likely N-dealkylation sites (tertiary alicyclic amines) is 1. The zero-order valence-electron chi connectivity index (χ0n) is 13.1. The van der Waals surface area contributed by atoms with E-state index in [1.165, 1.54) is 38.8 Å². The minimum Gasteiger partial charge on any atom is -0.302 e. The van der Waals surface area contributed by atoms with Crippen molar-refractivity contribution >= 4 is 5.78 Å². The van der Waals surface area contributed by atoms with Crippen LogP contribution in [-0.2, 0) is 4.79 Å². The van der Waals surface area contributed by atoms with Crippen LogP contribution < -0.4 is 0 Å². The Hall–Kier alpha value is -0.370. The highest BCUT2D eigenvalue weighted by atomic mass is 16.1. The maximum absolute atomic E-state index is 12.2. The lowest BCUT2D eigenvalue weighted by atomic mass is 9.77. The molecule has 2 aliphatic rings. The van der Waals surface area contributed by atoms with Crippen LogP contribution >= 0.6 is 0 Å². The Morgan fingerprint density at radius 3 is 2.84 bits per heavy atom. The molecule has 0 amide bonds. The van der Waals surface area contributed by atoms with Gasteiger partial charge in [-0.1, -0.05) is 33.6 Å². The second-order valence-corrected chi connectivity index (χ2v) is 7.60. The molecule has 0 bridgehead atoms. The first-order valence-corrected chi connectivity index (χ1v) is 8.25. The number of carbonyl (C=O) groups excluding carboxylic acids is 1. The third kappa shape index (κ3) is 4.30. The molecule has 0 spiro atoms. The van der Waals surface area contributed by atoms with E-state index in [2.05, 4.69) is 25.7 Å². The molecule has 1 aliphatic heterocycles. The summed E-state index contributed by atoms with van der Waals surface area (Å²) in [5.74, 6) is 1.68. The van der Waals surface area contributed by atoms with Crippen molar-refractivity contribution in [2.75, 3.05) is 19.6 Å². The van der Waals surface area contributed by atoms with Gasteiger partial charge >= 0.3 is 0 Å². The number of hydrogen-bond donors (Lipinski definition) is 0. The summed E-state index contributed by atoms with van der Waals surface area (Å²) >= 11 is 0. The molecule has 1 aliphatic carbocycles. The van der Waals surface area contributed by atoms with E-state index in [0.717, 1.165) is 31.7 Å². The maximum Gasteiger partial charge on any atom is 0.137 e. The Balaban J connectivity index is 1.87. The average Bonchev–Trinajstić information content (AvgIpc) is 2.32. The summed E-state index contributed by atoms with van der Waals surface area (Å²) in [5, 5.41) is 0. The van der Waals surface area contributed by atoms with Crippen molar-refractivity contribution in [1.82, 2.24) is 4.90 Å². The first-order valence-electron chi connectivity index (χ1n) is 8.25. The second-order valence-electron chi connectivity index (χ2n) is 7.60. The van der Waals surface area contributed by atoms with Gasteiger partial charge < -0.3 is 4.90 Å². The van der Waals surface area contributed by atoms with Gasteiger partial charge in [-0.25, -0.2) is 0 Å². The van der Waals surface area contributed by atoms with Crippen LogP contribution in [-0.4, -0.2) is 30.3 Å². The van der Waals surface area contributed by atoms with Gasteiger partial charge in [0.15, 0.2) is 0 Å². The van der Waals surface area contributed by atoms with Gasteiger partial charge in [0.1, 0.15) is 5.78 Å². The molecule has 2 atom stereocenters. The van der Waals surface area contributed by atoms with Crippen molar-refractivity contribution in [3.8, 4) is 0 Å². The van der Waals surface area contributed by atoms with E-state index in [4.69, 9.17) is 0 Å². The normalized spacial score (nSPS) is 32.5. The van der Waals surface area contributed by atoms with Gasteiger partial charge in [-0.2, -0.15) is 0 Å². The Kier molecular flexibility index (Phi) is 5.05. The van der Waals surface area contributed by atoms with Gasteiger partial charge in [0, 0.05) is 25.4 Å². The molecule has 0 radical (unpaired) electrons. The molecule has 0 aromatic heterocycles. The summed E-state index contributed by atoms with van der Waals surface area (Å²) in [7, 11) is 0. The van der Waals surface area contributed by atoms with Crippen LogP contribution in [0.25, 0.3) is 0 Å².